The standard InChI is InChI=1S/C17H12F2N4O4S/c1-9(15(24)20-11-5-6-13(18)14(19)8-11)28-17-22-21-16(27-17)10-3-2-4-12(7-10)23(25)26/h2-9H,1H3,(H,20,24)/t9-/m1/s1. The molecule has 1 heterocycles. The number of aromatic nitrogens is 2. The van der Waals surface area contributed by atoms with E-state index in [9.17, 15) is 23.7 Å². The largest absolute Gasteiger partial charge is 0.411 e. The highest BCUT2D eigenvalue weighted by Crippen LogP contribution is 2.28. The monoisotopic (exact) mass is 406 g/mol. The van der Waals surface area contributed by atoms with Crippen LogP contribution in [0.15, 0.2) is 52.1 Å². The van der Waals surface area contributed by atoms with Crippen LogP contribution in [-0.2, 0) is 4.79 Å². The first-order valence-electron chi connectivity index (χ1n) is 7.84. The summed E-state index contributed by atoms with van der Waals surface area (Å²) < 4.78 is 31.6. The second-order valence-electron chi connectivity index (χ2n) is 5.56. The summed E-state index contributed by atoms with van der Waals surface area (Å²) in [5.74, 6) is -2.50. The molecular formula is C17H12F2N4O4S. The molecule has 11 heteroatoms. The second-order valence-corrected chi connectivity index (χ2v) is 6.85. The molecule has 0 aliphatic heterocycles. The molecular weight excluding hydrogens is 394 g/mol. The maximum Gasteiger partial charge on any atom is 0.277 e. The lowest BCUT2D eigenvalue weighted by Gasteiger charge is -2.10. The van der Waals surface area contributed by atoms with E-state index in [1.165, 1.54) is 24.3 Å². The van der Waals surface area contributed by atoms with Gasteiger partial charge in [-0.1, -0.05) is 17.8 Å². The predicted molar refractivity (Wildman–Crippen MR) is 96.7 cm³/mol. The number of rotatable bonds is 6. The van der Waals surface area contributed by atoms with Gasteiger partial charge in [-0.3, -0.25) is 14.9 Å². The summed E-state index contributed by atoms with van der Waals surface area (Å²) in [5, 5.41) is 20.3. The van der Waals surface area contributed by atoms with Crippen LogP contribution in [0.25, 0.3) is 11.5 Å². The number of halogens is 2. The van der Waals surface area contributed by atoms with Gasteiger partial charge in [-0.25, -0.2) is 8.78 Å². The molecule has 0 fully saturated rings. The van der Waals surface area contributed by atoms with E-state index in [-0.39, 0.29) is 22.5 Å². The topological polar surface area (TPSA) is 111 Å². The van der Waals surface area contributed by atoms with Crippen molar-refractivity contribution >= 4 is 29.0 Å². The van der Waals surface area contributed by atoms with Crippen molar-refractivity contribution < 1.29 is 22.9 Å². The van der Waals surface area contributed by atoms with Crippen LogP contribution in [-0.4, -0.2) is 26.3 Å². The third-order valence-electron chi connectivity index (χ3n) is 3.54. The lowest BCUT2D eigenvalue weighted by Crippen LogP contribution is -2.22. The van der Waals surface area contributed by atoms with Crippen molar-refractivity contribution in [2.24, 2.45) is 0 Å². The molecule has 0 spiro atoms. The van der Waals surface area contributed by atoms with Gasteiger partial charge < -0.3 is 9.73 Å². The summed E-state index contributed by atoms with van der Waals surface area (Å²) in [6.07, 6.45) is 0. The lowest BCUT2D eigenvalue weighted by atomic mass is 10.2. The van der Waals surface area contributed by atoms with Crippen LogP contribution in [0.1, 0.15) is 6.92 Å². The number of thioether (sulfide) groups is 1. The molecule has 1 aromatic heterocycles. The molecule has 2 aromatic carbocycles. The van der Waals surface area contributed by atoms with Crippen molar-refractivity contribution in [2.45, 2.75) is 17.4 Å². The third kappa shape index (κ3) is 4.49. The average Bonchev–Trinajstić information content (AvgIpc) is 3.13. The Balaban J connectivity index is 1.67. The highest BCUT2D eigenvalue weighted by Gasteiger charge is 2.20. The Morgan fingerprint density at radius 2 is 2.00 bits per heavy atom. The first-order chi connectivity index (χ1) is 13.3. The predicted octanol–water partition coefficient (Wildman–Crippen LogP) is 4.04. The minimum Gasteiger partial charge on any atom is -0.411 e. The number of benzene rings is 2. The lowest BCUT2D eigenvalue weighted by molar-refractivity contribution is -0.384. The van der Waals surface area contributed by atoms with E-state index < -0.39 is 27.7 Å². The summed E-state index contributed by atoms with van der Waals surface area (Å²) in [6, 6.07) is 8.71. The van der Waals surface area contributed by atoms with Gasteiger partial charge in [0.15, 0.2) is 11.6 Å². The fourth-order valence-electron chi connectivity index (χ4n) is 2.15. The summed E-state index contributed by atoms with van der Waals surface area (Å²) >= 11 is 0.950. The molecule has 0 saturated heterocycles. The van der Waals surface area contributed by atoms with E-state index in [2.05, 4.69) is 15.5 Å². The van der Waals surface area contributed by atoms with Crippen LogP contribution in [0.5, 0.6) is 0 Å². The molecule has 1 amide bonds. The van der Waals surface area contributed by atoms with Crippen LogP contribution in [0, 0.1) is 21.7 Å². The van der Waals surface area contributed by atoms with Crippen molar-refractivity contribution in [2.75, 3.05) is 5.32 Å². The fraction of sp³-hybridized carbons (Fsp3) is 0.118. The summed E-state index contributed by atoms with van der Waals surface area (Å²) in [4.78, 5) is 22.5. The number of anilines is 1. The number of carbonyl (C=O) groups excluding carboxylic acids is 1. The number of hydrogen-bond acceptors (Lipinski definition) is 7. The number of non-ortho nitro benzene ring substituents is 1. The molecule has 1 atom stereocenters. The molecule has 1 N–H and O–H groups in total. The second kappa shape index (κ2) is 8.13. The Morgan fingerprint density at radius 1 is 1.21 bits per heavy atom. The molecule has 0 radical (unpaired) electrons. The molecule has 3 rings (SSSR count). The zero-order valence-electron chi connectivity index (χ0n) is 14.3. The van der Waals surface area contributed by atoms with E-state index >= 15 is 0 Å². The van der Waals surface area contributed by atoms with Crippen molar-refractivity contribution in [1.82, 2.24) is 10.2 Å². The number of nitro groups is 1. The van der Waals surface area contributed by atoms with Gasteiger partial charge in [-0.05, 0) is 25.1 Å². The Bertz CT molecular complexity index is 1040. The molecule has 0 bridgehead atoms. The Kier molecular flexibility index (Phi) is 5.64. The SMILES string of the molecule is C[C@@H](Sc1nnc(-c2cccc([N+](=O)[O-])c2)o1)C(=O)Nc1ccc(F)c(F)c1. The minimum atomic E-state index is -1.07. The van der Waals surface area contributed by atoms with E-state index in [1.54, 1.807) is 13.0 Å². The summed E-state index contributed by atoms with van der Waals surface area (Å²) in [7, 11) is 0. The molecule has 144 valence electrons. The average molecular weight is 406 g/mol. The van der Waals surface area contributed by atoms with Gasteiger partial charge in [-0.2, -0.15) is 0 Å². The van der Waals surface area contributed by atoms with Gasteiger partial charge >= 0.3 is 0 Å². The number of hydrogen-bond donors (Lipinski definition) is 1. The van der Waals surface area contributed by atoms with E-state index in [4.69, 9.17) is 4.42 Å². The molecule has 0 aliphatic carbocycles. The number of carbonyl (C=O) groups is 1. The maximum atomic E-state index is 13.2. The quantitative estimate of drug-likeness (QED) is 0.373. The maximum absolute atomic E-state index is 13.2. The molecule has 0 aliphatic rings. The first-order valence-corrected chi connectivity index (χ1v) is 8.72. The normalized spacial score (nSPS) is 11.8. The van der Waals surface area contributed by atoms with Gasteiger partial charge in [0.1, 0.15) is 0 Å². The van der Waals surface area contributed by atoms with Crippen molar-refractivity contribution in [1.29, 1.82) is 0 Å². The van der Waals surface area contributed by atoms with Gasteiger partial charge in [0, 0.05) is 29.4 Å². The number of nitrogens with one attached hydrogen (secondary N) is 1. The fourth-order valence-corrected chi connectivity index (χ4v) is 2.83. The van der Waals surface area contributed by atoms with Crippen LogP contribution < -0.4 is 5.32 Å². The van der Waals surface area contributed by atoms with Gasteiger partial charge in [0.25, 0.3) is 10.9 Å². The first kappa shape index (κ1) is 19.4. The van der Waals surface area contributed by atoms with Crippen molar-refractivity contribution in [3.05, 3.63) is 64.2 Å². The Hall–Kier alpha value is -3.34. The highest BCUT2D eigenvalue weighted by molar-refractivity contribution is 8.00. The van der Waals surface area contributed by atoms with Crippen LogP contribution in [0.4, 0.5) is 20.2 Å². The minimum absolute atomic E-state index is 0.0689. The van der Waals surface area contributed by atoms with E-state index in [1.807, 2.05) is 0 Å². The Labute approximate surface area is 161 Å². The number of nitrogens with zero attached hydrogens (tertiary/aromatic N) is 3. The number of nitro benzene ring substituents is 1. The smallest absolute Gasteiger partial charge is 0.277 e. The van der Waals surface area contributed by atoms with Crippen LogP contribution in [0.3, 0.4) is 0 Å². The van der Waals surface area contributed by atoms with Crippen molar-refractivity contribution in [3.8, 4) is 11.5 Å². The van der Waals surface area contributed by atoms with Gasteiger partial charge in [0.05, 0.1) is 10.2 Å². The molecule has 0 unspecified atom stereocenters. The molecule has 3 aromatic rings. The highest BCUT2D eigenvalue weighted by atomic mass is 32.2. The van der Waals surface area contributed by atoms with Crippen LogP contribution in [0.2, 0.25) is 0 Å². The van der Waals surface area contributed by atoms with Crippen LogP contribution >= 0.6 is 11.8 Å². The number of amides is 1. The molecule has 0 saturated carbocycles. The van der Waals surface area contributed by atoms with Gasteiger partial charge in [-0.15, -0.1) is 10.2 Å². The summed E-state index contributed by atoms with van der Waals surface area (Å²) in [6.45, 7) is 1.57. The Morgan fingerprint density at radius 3 is 2.71 bits per heavy atom. The zero-order chi connectivity index (χ0) is 20.3. The van der Waals surface area contributed by atoms with E-state index in [0.29, 0.717) is 5.56 Å². The molecule has 8 nitrogen and oxygen atoms in total. The molecule has 28 heavy (non-hydrogen) atoms. The summed E-state index contributed by atoms with van der Waals surface area (Å²) in [5.41, 5.74) is 0.357. The van der Waals surface area contributed by atoms with E-state index in [0.717, 1.165) is 23.9 Å². The van der Waals surface area contributed by atoms with Gasteiger partial charge in [0.2, 0.25) is 11.8 Å². The van der Waals surface area contributed by atoms with Crippen molar-refractivity contribution in [3.63, 3.8) is 0 Å². The third-order valence-corrected chi connectivity index (χ3v) is 4.48. The zero-order valence-corrected chi connectivity index (χ0v) is 15.1.